The molecule has 2 rings (SSSR count). The molecule has 7 heteroatoms. The van der Waals surface area contributed by atoms with Crippen LogP contribution >= 0.6 is 0 Å². The monoisotopic (exact) mass is 340 g/mol. The van der Waals surface area contributed by atoms with Crippen LogP contribution in [0.2, 0.25) is 0 Å². The van der Waals surface area contributed by atoms with E-state index in [0.717, 1.165) is 38.9 Å². The first-order chi connectivity index (χ1) is 11.0. The van der Waals surface area contributed by atoms with E-state index in [1.807, 2.05) is 0 Å². The fourth-order valence-electron chi connectivity index (χ4n) is 2.77. The lowest BCUT2D eigenvalue weighted by Crippen LogP contribution is -2.44. The van der Waals surface area contributed by atoms with Crippen LogP contribution in [0.4, 0.5) is 0 Å². The van der Waals surface area contributed by atoms with Crippen molar-refractivity contribution >= 4 is 16.0 Å². The fourth-order valence-corrected chi connectivity index (χ4v) is 4.07. The summed E-state index contributed by atoms with van der Waals surface area (Å²) in [6.07, 6.45) is 2.75. The Hall–Kier alpha value is -1.44. The van der Waals surface area contributed by atoms with Gasteiger partial charge in [-0.3, -0.25) is 0 Å². The van der Waals surface area contributed by atoms with Crippen LogP contribution in [-0.2, 0) is 14.8 Å². The standard InChI is InChI=1S/C16H24N2O4S/c1-3-10-18-11-8-14(9-12-18)17-23(20,21)15-6-4-13(5-7-15)16(19)22-2/h4-7,14,17H,3,8-12H2,1-2H3. The molecule has 1 fully saturated rings. The number of esters is 1. The topological polar surface area (TPSA) is 75.7 Å². The van der Waals surface area contributed by atoms with E-state index in [-0.39, 0.29) is 10.9 Å². The van der Waals surface area contributed by atoms with Gasteiger partial charge >= 0.3 is 5.97 Å². The second kappa shape index (κ2) is 7.90. The molecule has 1 aliphatic rings. The highest BCUT2D eigenvalue weighted by molar-refractivity contribution is 7.89. The Bertz CT molecular complexity index is 620. The van der Waals surface area contributed by atoms with Crippen LogP contribution in [0.25, 0.3) is 0 Å². The summed E-state index contributed by atoms with van der Waals surface area (Å²) in [4.78, 5) is 13.9. The number of piperidine rings is 1. The zero-order valence-corrected chi connectivity index (χ0v) is 14.4. The molecule has 23 heavy (non-hydrogen) atoms. The smallest absolute Gasteiger partial charge is 0.337 e. The van der Waals surface area contributed by atoms with E-state index >= 15 is 0 Å². The number of carbonyl (C=O) groups is 1. The van der Waals surface area contributed by atoms with Gasteiger partial charge in [0.05, 0.1) is 17.6 Å². The summed E-state index contributed by atoms with van der Waals surface area (Å²) >= 11 is 0. The quantitative estimate of drug-likeness (QED) is 0.797. The van der Waals surface area contributed by atoms with Crippen LogP contribution in [0.5, 0.6) is 0 Å². The minimum absolute atomic E-state index is 0.0339. The van der Waals surface area contributed by atoms with Crippen molar-refractivity contribution in [3.8, 4) is 0 Å². The van der Waals surface area contributed by atoms with E-state index in [9.17, 15) is 13.2 Å². The Balaban J connectivity index is 1.98. The molecule has 1 heterocycles. The number of carbonyl (C=O) groups excluding carboxylic acids is 1. The maximum absolute atomic E-state index is 12.4. The normalized spacial score (nSPS) is 17.1. The van der Waals surface area contributed by atoms with E-state index in [2.05, 4.69) is 21.3 Å². The van der Waals surface area contributed by atoms with Crippen molar-refractivity contribution in [1.29, 1.82) is 0 Å². The van der Waals surface area contributed by atoms with Crippen molar-refractivity contribution in [3.63, 3.8) is 0 Å². The lowest BCUT2D eigenvalue weighted by molar-refractivity contribution is 0.0600. The summed E-state index contributed by atoms with van der Waals surface area (Å²) in [5, 5.41) is 0. The van der Waals surface area contributed by atoms with Gasteiger partial charge in [0.15, 0.2) is 0 Å². The molecule has 1 saturated heterocycles. The van der Waals surface area contributed by atoms with Crippen LogP contribution in [0.1, 0.15) is 36.5 Å². The fraction of sp³-hybridized carbons (Fsp3) is 0.562. The number of methoxy groups -OCH3 is 1. The number of benzene rings is 1. The maximum Gasteiger partial charge on any atom is 0.337 e. The van der Waals surface area contributed by atoms with Crippen LogP contribution in [0.15, 0.2) is 29.2 Å². The minimum atomic E-state index is -3.56. The molecule has 1 aliphatic heterocycles. The molecule has 0 saturated carbocycles. The molecular weight excluding hydrogens is 316 g/mol. The Morgan fingerprint density at radius 1 is 1.26 bits per heavy atom. The third kappa shape index (κ3) is 4.76. The molecule has 0 bridgehead atoms. The van der Waals surface area contributed by atoms with Crippen molar-refractivity contribution in [3.05, 3.63) is 29.8 Å². The molecule has 0 atom stereocenters. The highest BCUT2D eigenvalue weighted by atomic mass is 32.2. The minimum Gasteiger partial charge on any atom is -0.465 e. The number of hydrogen-bond acceptors (Lipinski definition) is 5. The first kappa shape index (κ1) is 17.9. The Morgan fingerprint density at radius 2 is 1.87 bits per heavy atom. The predicted octanol–water partition coefficient (Wildman–Crippen LogP) is 1.63. The van der Waals surface area contributed by atoms with E-state index < -0.39 is 16.0 Å². The lowest BCUT2D eigenvalue weighted by atomic mass is 10.1. The van der Waals surface area contributed by atoms with Crippen LogP contribution in [-0.4, -0.2) is 52.1 Å². The zero-order chi connectivity index (χ0) is 16.9. The number of rotatable bonds is 6. The Labute approximate surface area is 137 Å². The molecule has 0 aliphatic carbocycles. The summed E-state index contributed by atoms with van der Waals surface area (Å²) < 4.78 is 32.2. The van der Waals surface area contributed by atoms with E-state index in [1.165, 1.54) is 31.4 Å². The maximum atomic E-state index is 12.4. The van der Waals surface area contributed by atoms with Crippen LogP contribution < -0.4 is 4.72 Å². The van der Waals surface area contributed by atoms with Gasteiger partial charge in [-0.2, -0.15) is 0 Å². The number of nitrogens with zero attached hydrogens (tertiary/aromatic N) is 1. The van der Waals surface area contributed by atoms with Gasteiger partial charge in [0, 0.05) is 6.04 Å². The summed E-state index contributed by atoms with van der Waals surface area (Å²) in [7, 11) is -2.27. The molecule has 128 valence electrons. The van der Waals surface area contributed by atoms with E-state index in [1.54, 1.807) is 0 Å². The number of hydrogen-bond donors (Lipinski definition) is 1. The average molecular weight is 340 g/mol. The number of nitrogens with one attached hydrogen (secondary N) is 1. The first-order valence-electron chi connectivity index (χ1n) is 7.89. The van der Waals surface area contributed by atoms with Gasteiger partial charge in [-0.15, -0.1) is 0 Å². The molecule has 0 spiro atoms. The molecule has 0 radical (unpaired) electrons. The SMILES string of the molecule is CCCN1CCC(NS(=O)(=O)c2ccc(C(=O)OC)cc2)CC1. The third-order valence-corrected chi connectivity index (χ3v) is 5.57. The number of sulfonamides is 1. The second-order valence-electron chi connectivity index (χ2n) is 5.75. The summed E-state index contributed by atoms with van der Waals surface area (Å²) in [6, 6.07) is 5.75. The largest absolute Gasteiger partial charge is 0.465 e. The highest BCUT2D eigenvalue weighted by Crippen LogP contribution is 2.16. The molecule has 0 unspecified atom stereocenters. The third-order valence-electron chi connectivity index (χ3n) is 4.03. The van der Waals surface area contributed by atoms with Gasteiger partial charge in [-0.25, -0.2) is 17.9 Å². The van der Waals surface area contributed by atoms with Crippen molar-refractivity contribution < 1.29 is 17.9 Å². The molecular formula is C16H24N2O4S. The summed E-state index contributed by atoms with van der Waals surface area (Å²) in [5.74, 6) is -0.481. The van der Waals surface area contributed by atoms with Gasteiger partial charge in [0.2, 0.25) is 10.0 Å². The lowest BCUT2D eigenvalue weighted by Gasteiger charge is -2.31. The van der Waals surface area contributed by atoms with Gasteiger partial charge in [0.25, 0.3) is 0 Å². The van der Waals surface area contributed by atoms with Crippen molar-refractivity contribution in [2.24, 2.45) is 0 Å². The van der Waals surface area contributed by atoms with Gasteiger partial charge in [-0.05, 0) is 63.2 Å². The Morgan fingerprint density at radius 3 is 2.39 bits per heavy atom. The van der Waals surface area contributed by atoms with Gasteiger partial charge in [-0.1, -0.05) is 6.92 Å². The molecule has 6 nitrogen and oxygen atoms in total. The first-order valence-corrected chi connectivity index (χ1v) is 9.37. The average Bonchev–Trinajstić information content (AvgIpc) is 2.56. The molecule has 1 N–H and O–H groups in total. The molecule has 1 aromatic carbocycles. The van der Waals surface area contributed by atoms with Crippen molar-refractivity contribution in [1.82, 2.24) is 9.62 Å². The molecule has 0 aromatic heterocycles. The van der Waals surface area contributed by atoms with E-state index in [0.29, 0.717) is 5.56 Å². The van der Waals surface area contributed by atoms with Gasteiger partial charge in [0.1, 0.15) is 0 Å². The highest BCUT2D eigenvalue weighted by Gasteiger charge is 2.24. The number of ether oxygens (including phenoxy) is 1. The zero-order valence-electron chi connectivity index (χ0n) is 13.6. The van der Waals surface area contributed by atoms with Crippen molar-refractivity contribution in [2.45, 2.75) is 37.1 Å². The Kier molecular flexibility index (Phi) is 6.15. The van der Waals surface area contributed by atoms with E-state index in [4.69, 9.17) is 0 Å². The summed E-state index contributed by atoms with van der Waals surface area (Å²) in [5.41, 5.74) is 0.333. The van der Waals surface area contributed by atoms with Crippen molar-refractivity contribution in [2.75, 3.05) is 26.7 Å². The summed E-state index contributed by atoms with van der Waals surface area (Å²) in [6.45, 7) is 5.05. The predicted molar refractivity (Wildman–Crippen MR) is 87.9 cm³/mol. The van der Waals surface area contributed by atoms with Crippen LogP contribution in [0, 0.1) is 0 Å². The van der Waals surface area contributed by atoms with Crippen LogP contribution in [0.3, 0.4) is 0 Å². The molecule has 0 amide bonds. The second-order valence-corrected chi connectivity index (χ2v) is 7.47. The van der Waals surface area contributed by atoms with Gasteiger partial charge < -0.3 is 9.64 Å². The molecule has 1 aromatic rings. The number of likely N-dealkylation sites (tertiary alicyclic amines) is 1.